The van der Waals surface area contributed by atoms with Crippen LogP contribution in [0.5, 0.6) is 0 Å². The van der Waals surface area contributed by atoms with Crippen molar-refractivity contribution in [3.63, 3.8) is 0 Å². The number of halogens is 1. The SMILES string of the molecule is ClCc1cccc(CNCCCC2CCCO2)c1. The first-order chi connectivity index (χ1) is 8.88. The molecule has 1 aromatic carbocycles. The number of ether oxygens (including phenoxy) is 1. The van der Waals surface area contributed by atoms with Gasteiger partial charge in [-0.05, 0) is 43.4 Å². The van der Waals surface area contributed by atoms with Crippen molar-refractivity contribution in [3.05, 3.63) is 35.4 Å². The lowest BCUT2D eigenvalue weighted by atomic mass is 10.1. The standard InChI is InChI=1S/C15H22ClNO/c16-11-13-4-1-5-14(10-13)12-17-8-2-6-15-7-3-9-18-15/h1,4-5,10,15,17H,2-3,6-9,11-12H2. The zero-order valence-electron chi connectivity index (χ0n) is 10.8. The second-order valence-electron chi connectivity index (χ2n) is 4.91. The van der Waals surface area contributed by atoms with Crippen LogP contribution in [0.15, 0.2) is 24.3 Å². The van der Waals surface area contributed by atoms with Gasteiger partial charge in [-0.25, -0.2) is 0 Å². The van der Waals surface area contributed by atoms with Crippen molar-refractivity contribution in [3.8, 4) is 0 Å². The molecule has 0 aliphatic carbocycles. The summed E-state index contributed by atoms with van der Waals surface area (Å²) in [5, 5.41) is 3.48. The molecule has 0 saturated carbocycles. The topological polar surface area (TPSA) is 21.3 Å². The monoisotopic (exact) mass is 267 g/mol. The molecule has 1 aromatic rings. The highest BCUT2D eigenvalue weighted by Crippen LogP contribution is 2.16. The Labute approximate surface area is 115 Å². The number of benzene rings is 1. The smallest absolute Gasteiger partial charge is 0.0576 e. The van der Waals surface area contributed by atoms with Crippen LogP contribution in [0.1, 0.15) is 36.8 Å². The van der Waals surface area contributed by atoms with Gasteiger partial charge in [-0.2, -0.15) is 0 Å². The predicted molar refractivity (Wildman–Crippen MR) is 75.9 cm³/mol. The van der Waals surface area contributed by atoms with Crippen LogP contribution in [0.3, 0.4) is 0 Å². The molecule has 1 N–H and O–H groups in total. The lowest BCUT2D eigenvalue weighted by Gasteiger charge is -2.09. The average molecular weight is 268 g/mol. The Bertz CT molecular complexity index is 350. The molecular formula is C15H22ClNO. The highest BCUT2D eigenvalue weighted by Gasteiger charge is 2.14. The lowest BCUT2D eigenvalue weighted by molar-refractivity contribution is 0.102. The molecule has 1 aliphatic heterocycles. The molecule has 1 heterocycles. The van der Waals surface area contributed by atoms with Crippen LogP contribution >= 0.6 is 11.6 Å². The molecule has 1 saturated heterocycles. The number of hydrogen-bond acceptors (Lipinski definition) is 2. The molecule has 0 amide bonds. The summed E-state index contributed by atoms with van der Waals surface area (Å²) in [7, 11) is 0. The Hall–Kier alpha value is -0.570. The Kier molecular flexibility index (Phi) is 5.98. The van der Waals surface area contributed by atoms with Gasteiger partial charge in [0.05, 0.1) is 6.10 Å². The number of nitrogens with one attached hydrogen (secondary N) is 1. The number of hydrogen-bond donors (Lipinski definition) is 1. The fourth-order valence-corrected chi connectivity index (χ4v) is 2.55. The second kappa shape index (κ2) is 7.78. The Morgan fingerprint density at radius 2 is 2.22 bits per heavy atom. The number of alkyl halides is 1. The molecular weight excluding hydrogens is 246 g/mol. The maximum absolute atomic E-state index is 5.82. The van der Waals surface area contributed by atoms with Gasteiger partial charge in [0.2, 0.25) is 0 Å². The third kappa shape index (κ3) is 4.60. The summed E-state index contributed by atoms with van der Waals surface area (Å²) in [6.45, 7) is 2.95. The van der Waals surface area contributed by atoms with E-state index in [1.165, 1.54) is 36.8 Å². The van der Waals surface area contributed by atoms with E-state index >= 15 is 0 Å². The molecule has 1 atom stereocenters. The van der Waals surface area contributed by atoms with Crippen LogP contribution in [0.25, 0.3) is 0 Å². The Morgan fingerprint density at radius 3 is 3.00 bits per heavy atom. The maximum Gasteiger partial charge on any atom is 0.0576 e. The van der Waals surface area contributed by atoms with Crippen molar-refractivity contribution in [1.82, 2.24) is 5.32 Å². The minimum absolute atomic E-state index is 0.520. The minimum Gasteiger partial charge on any atom is -0.378 e. The molecule has 1 fully saturated rings. The average Bonchev–Trinajstić information content (AvgIpc) is 2.92. The summed E-state index contributed by atoms with van der Waals surface area (Å²) >= 11 is 5.82. The number of rotatable bonds is 7. The normalized spacial score (nSPS) is 19.3. The first-order valence-electron chi connectivity index (χ1n) is 6.84. The van der Waals surface area contributed by atoms with E-state index in [0.29, 0.717) is 12.0 Å². The molecule has 18 heavy (non-hydrogen) atoms. The van der Waals surface area contributed by atoms with Crippen LogP contribution in [-0.4, -0.2) is 19.3 Å². The van der Waals surface area contributed by atoms with Gasteiger partial charge in [0.25, 0.3) is 0 Å². The zero-order valence-corrected chi connectivity index (χ0v) is 11.6. The third-order valence-electron chi connectivity index (χ3n) is 3.38. The lowest BCUT2D eigenvalue weighted by Crippen LogP contribution is -2.16. The molecule has 0 spiro atoms. The van der Waals surface area contributed by atoms with E-state index < -0.39 is 0 Å². The van der Waals surface area contributed by atoms with Gasteiger partial charge in [-0.1, -0.05) is 24.3 Å². The predicted octanol–water partition coefficient (Wildman–Crippen LogP) is 3.47. The van der Waals surface area contributed by atoms with Gasteiger partial charge in [-0.15, -0.1) is 11.6 Å². The summed E-state index contributed by atoms with van der Waals surface area (Å²) in [5.41, 5.74) is 2.50. The fourth-order valence-electron chi connectivity index (χ4n) is 2.38. The summed E-state index contributed by atoms with van der Waals surface area (Å²) in [5.74, 6) is 0.590. The van der Waals surface area contributed by atoms with Crippen LogP contribution in [0, 0.1) is 0 Å². The maximum atomic E-state index is 5.82. The van der Waals surface area contributed by atoms with Crippen molar-refractivity contribution in [1.29, 1.82) is 0 Å². The second-order valence-corrected chi connectivity index (χ2v) is 5.17. The minimum atomic E-state index is 0.520. The Balaban J connectivity index is 1.59. The van der Waals surface area contributed by atoms with Gasteiger partial charge < -0.3 is 10.1 Å². The zero-order chi connectivity index (χ0) is 12.6. The van der Waals surface area contributed by atoms with Crippen LogP contribution in [0.4, 0.5) is 0 Å². The molecule has 100 valence electrons. The molecule has 2 nitrogen and oxygen atoms in total. The van der Waals surface area contributed by atoms with Gasteiger partial charge in [0.1, 0.15) is 0 Å². The van der Waals surface area contributed by atoms with Gasteiger partial charge in [0.15, 0.2) is 0 Å². The summed E-state index contributed by atoms with van der Waals surface area (Å²) in [6.07, 6.45) is 5.39. The summed E-state index contributed by atoms with van der Waals surface area (Å²) in [4.78, 5) is 0. The van der Waals surface area contributed by atoms with Crippen LogP contribution in [0.2, 0.25) is 0 Å². The van der Waals surface area contributed by atoms with Crippen molar-refractivity contribution < 1.29 is 4.74 Å². The van der Waals surface area contributed by atoms with E-state index in [1.807, 2.05) is 0 Å². The van der Waals surface area contributed by atoms with Crippen molar-refractivity contribution in [2.45, 2.75) is 44.2 Å². The van der Waals surface area contributed by atoms with Gasteiger partial charge in [-0.3, -0.25) is 0 Å². The van der Waals surface area contributed by atoms with Crippen molar-refractivity contribution in [2.75, 3.05) is 13.2 Å². The third-order valence-corrected chi connectivity index (χ3v) is 3.69. The van der Waals surface area contributed by atoms with E-state index in [-0.39, 0.29) is 0 Å². The van der Waals surface area contributed by atoms with E-state index in [1.54, 1.807) is 0 Å². The van der Waals surface area contributed by atoms with Gasteiger partial charge in [0, 0.05) is 19.0 Å². The van der Waals surface area contributed by atoms with Gasteiger partial charge >= 0.3 is 0 Å². The fraction of sp³-hybridized carbons (Fsp3) is 0.600. The van der Waals surface area contributed by atoms with Crippen LogP contribution < -0.4 is 5.32 Å². The highest BCUT2D eigenvalue weighted by atomic mass is 35.5. The Morgan fingerprint density at radius 1 is 1.33 bits per heavy atom. The van der Waals surface area contributed by atoms with E-state index in [9.17, 15) is 0 Å². The van der Waals surface area contributed by atoms with E-state index in [4.69, 9.17) is 16.3 Å². The molecule has 1 unspecified atom stereocenters. The van der Waals surface area contributed by atoms with Crippen molar-refractivity contribution in [2.24, 2.45) is 0 Å². The molecule has 0 radical (unpaired) electrons. The summed E-state index contributed by atoms with van der Waals surface area (Å²) in [6, 6.07) is 8.44. The molecule has 0 aromatic heterocycles. The quantitative estimate of drug-likeness (QED) is 0.603. The summed E-state index contributed by atoms with van der Waals surface area (Å²) < 4.78 is 5.61. The molecule has 2 rings (SSSR count). The largest absolute Gasteiger partial charge is 0.378 e. The van der Waals surface area contributed by atoms with E-state index in [0.717, 1.165) is 19.7 Å². The first-order valence-corrected chi connectivity index (χ1v) is 7.38. The van der Waals surface area contributed by atoms with Crippen molar-refractivity contribution >= 4 is 11.6 Å². The molecule has 1 aliphatic rings. The highest BCUT2D eigenvalue weighted by molar-refractivity contribution is 6.17. The molecule has 3 heteroatoms. The van der Waals surface area contributed by atoms with E-state index in [2.05, 4.69) is 29.6 Å². The molecule has 0 bridgehead atoms. The first kappa shape index (κ1) is 13.9. The van der Waals surface area contributed by atoms with Crippen LogP contribution in [-0.2, 0) is 17.2 Å².